The fourth-order valence-electron chi connectivity index (χ4n) is 1.13. The number of benzene rings is 1. The Morgan fingerprint density at radius 2 is 1.79 bits per heavy atom. The van der Waals surface area contributed by atoms with E-state index in [2.05, 4.69) is 0 Å². The maximum Gasteiger partial charge on any atom is 0.501 e. The Balaban J connectivity index is 2.83. The van der Waals surface area contributed by atoms with E-state index in [0.29, 0.717) is 10.8 Å². The van der Waals surface area contributed by atoms with E-state index in [9.17, 15) is 21.6 Å². The van der Waals surface area contributed by atoms with Gasteiger partial charge in [-0.3, -0.25) is 0 Å². The van der Waals surface area contributed by atoms with Crippen molar-refractivity contribution >= 4 is 33.2 Å². The van der Waals surface area contributed by atoms with Crippen LogP contribution in [0.15, 0.2) is 34.1 Å². The minimum Gasteiger partial charge on any atom is -0.214 e. The summed E-state index contributed by atoms with van der Waals surface area (Å²) in [6, 6.07) is 4.67. The summed E-state index contributed by atoms with van der Waals surface area (Å²) in [5.74, 6) is 1.48. The van der Waals surface area contributed by atoms with Crippen molar-refractivity contribution in [1.29, 1.82) is 0 Å². The standard InChI is InChI=1S/C11H12ClF3O2S2/c1-8(6-12)7-18-9-2-4-10(5-3-9)19(16,17)11(13,14)15/h2-5,8H,6-7H2,1H3. The van der Waals surface area contributed by atoms with Crippen LogP contribution in [0.25, 0.3) is 0 Å². The third-order valence-electron chi connectivity index (χ3n) is 2.24. The van der Waals surface area contributed by atoms with Crippen LogP contribution in [-0.2, 0) is 9.84 Å². The van der Waals surface area contributed by atoms with Gasteiger partial charge < -0.3 is 0 Å². The van der Waals surface area contributed by atoms with E-state index in [-0.39, 0.29) is 5.92 Å². The average molecular weight is 333 g/mol. The van der Waals surface area contributed by atoms with E-state index in [4.69, 9.17) is 11.6 Å². The zero-order chi connectivity index (χ0) is 14.7. The molecule has 0 aliphatic rings. The van der Waals surface area contributed by atoms with Gasteiger partial charge in [-0.25, -0.2) is 8.42 Å². The average Bonchev–Trinajstić information content (AvgIpc) is 2.35. The van der Waals surface area contributed by atoms with Crippen molar-refractivity contribution in [1.82, 2.24) is 0 Å². The molecule has 0 aliphatic heterocycles. The number of halogens is 4. The van der Waals surface area contributed by atoms with Crippen LogP contribution in [0.2, 0.25) is 0 Å². The first-order valence-corrected chi connectivity index (χ1v) is 8.29. The summed E-state index contributed by atoms with van der Waals surface area (Å²) in [4.78, 5) is -0.0344. The number of hydrogen-bond donors (Lipinski definition) is 0. The maximum absolute atomic E-state index is 12.3. The minimum atomic E-state index is -5.27. The molecule has 0 bridgehead atoms. The molecule has 0 radical (unpaired) electrons. The summed E-state index contributed by atoms with van der Waals surface area (Å²) in [6.07, 6.45) is 0. The molecular formula is C11H12ClF3O2S2. The Hall–Kier alpha value is -0.400. The smallest absolute Gasteiger partial charge is 0.214 e. The number of hydrogen-bond acceptors (Lipinski definition) is 3. The lowest BCUT2D eigenvalue weighted by Crippen LogP contribution is -2.23. The van der Waals surface area contributed by atoms with Crippen molar-refractivity contribution in [2.75, 3.05) is 11.6 Å². The van der Waals surface area contributed by atoms with Gasteiger partial charge in [0, 0.05) is 16.5 Å². The van der Waals surface area contributed by atoms with Gasteiger partial charge in [-0.05, 0) is 30.2 Å². The Labute approximate surface area is 119 Å². The highest BCUT2D eigenvalue weighted by molar-refractivity contribution is 7.99. The van der Waals surface area contributed by atoms with Crippen LogP contribution < -0.4 is 0 Å². The minimum absolute atomic E-state index is 0.269. The molecule has 108 valence electrons. The molecule has 0 saturated carbocycles. The van der Waals surface area contributed by atoms with Crippen molar-refractivity contribution in [3.05, 3.63) is 24.3 Å². The molecule has 0 N–H and O–H groups in total. The quantitative estimate of drug-likeness (QED) is 0.605. The molecule has 19 heavy (non-hydrogen) atoms. The summed E-state index contributed by atoms with van der Waals surface area (Å²) in [5.41, 5.74) is -5.27. The van der Waals surface area contributed by atoms with Crippen molar-refractivity contribution in [3.63, 3.8) is 0 Å². The summed E-state index contributed by atoms with van der Waals surface area (Å²) >= 11 is 7.06. The fourth-order valence-corrected chi connectivity index (χ4v) is 3.06. The lowest BCUT2D eigenvalue weighted by Gasteiger charge is -2.09. The molecule has 0 aliphatic carbocycles. The van der Waals surface area contributed by atoms with Gasteiger partial charge in [0.25, 0.3) is 9.84 Å². The molecule has 0 fully saturated rings. The van der Waals surface area contributed by atoms with Gasteiger partial charge in [-0.15, -0.1) is 23.4 Å². The third kappa shape index (κ3) is 4.29. The number of thioether (sulfide) groups is 1. The van der Waals surface area contributed by atoms with Crippen LogP contribution >= 0.6 is 23.4 Å². The first-order chi connectivity index (χ1) is 8.68. The van der Waals surface area contributed by atoms with Crippen molar-refractivity contribution in [2.24, 2.45) is 5.92 Å². The van der Waals surface area contributed by atoms with E-state index in [1.807, 2.05) is 6.92 Å². The molecule has 1 aromatic carbocycles. The van der Waals surface area contributed by atoms with Crippen LogP contribution in [0.3, 0.4) is 0 Å². The van der Waals surface area contributed by atoms with Crippen molar-refractivity contribution < 1.29 is 21.6 Å². The maximum atomic E-state index is 12.3. The largest absolute Gasteiger partial charge is 0.501 e. The molecule has 0 aromatic heterocycles. The van der Waals surface area contributed by atoms with E-state index in [0.717, 1.165) is 17.9 Å². The first-order valence-electron chi connectivity index (χ1n) is 5.28. The molecule has 2 nitrogen and oxygen atoms in total. The molecule has 8 heteroatoms. The van der Waals surface area contributed by atoms with Crippen molar-refractivity contribution in [3.8, 4) is 0 Å². The van der Waals surface area contributed by atoms with Crippen LogP contribution in [0, 0.1) is 5.92 Å². The molecule has 1 aromatic rings. The summed E-state index contributed by atoms with van der Waals surface area (Å²) < 4.78 is 59.2. The van der Waals surface area contributed by atoms with Crippen LogP contribution in [0.5, 0.6) is 0 Å². The lowest BCUT2D eigenvalue weighted by molar-refractivity contribution is -0.0436. The Morgan fingerprint density at radius 3 is 2.21 bits per heavy atom. The zero-order valence-electron chi connectivity index (χ0n) is 9.95. The Kier molecular flexibility index (Phi) is 5.58. The Bertz CT molecular complexity index is 512. The van der Waals surface area contributed by atoms with Crippen LogP contribution in [0.1, 0.15) is 6.92 Å². The first kappa shape index (κ1) is 16.7. The lowest BCUT2D eigenvalue weighted by atomic mass is 10.3. The molecule has 1 rings (SSSR count). The van der Waals surface area contributed by atoms with Gasteiger partial charge in [0.2, 0.25) is 0 Å². The normalized spacial score (nSPS) is 14.4. The SMILES string of the molecule is CC(CCl)CSc1ccc(S(=O)(=O)C(F)(F)F)cc1. The molecule has 0 spiro atoms. The van der Waals surface area contributed by atoms with Crippen molar-refractivity contribution in [2.45, 2.75) is 22.2 Å². The summed E-state index contributed by atoms with van der Waals surface area (Å²) in [6.45, 7) is 1.95. The second-order valence-electron chi connectivity index (χ2n) is 3.99. The topological polar surface area (TPSA) is 34.1 Å². The molecule has 1 unspecified atom stereocenters. The number of alkyl halides is 4. The van der Waals surface area contributed by atoms with Gasteiger partial charge >= 0.3 is 5.51 Å². The van der Waals surface area contributed by atoms with Crippen LogP contribution in [-0.4, -0.2) is 25.6 Å². The molecule has 0 amide bonds. The van der Waals surface area contributed by atoms with Gasteiger partial charge in [-0.2, -0.15) is 13.2 Å². The highest BCUT2D eigenvalue weighted by Crippen LogP contribution is 2.31. The van der Waals surface area contributed by atoms with Gasteiger partial charge in [0.15, 0.2) is 0 Å². The van der Waals surface area contributed by atoms with Gasteiger partial charge in [0.05, 0.1) is 4.90 Å². The van der Waals surface area contributed by atoms with E-state index in [1.54, 1.807) is 0 Å². The second kappa shape index (κ2) is 6.37. The highest BCUT2D eigenvalue weighted by Gasteiger charge is 2.46. The third-order valence-corrected chi connectivity index (χ3v) is 5.61. The van der Waals surface area contributed by atoms with E-state index in [1.165, 1.54) is 23.9 Å². The van der Waals surface area contributed by atoms with E-state index < -0.39 is 20.2 Å². The predicted molar refractivity (Wildman–Crippen MR) is 70.3 cm³/mol. The predicted octanol–water partition coefficient (Wildman–Crippen LogP) is 3.95. The Morgan fingerprint density at radius 1 is 1.26 bits per heavy atom. The molecule has 0 saturated heterocycles. The summed E-state index contributed by atoms with van der Waals surface area (Å²) in [7, 11) is -5.26. The molecule has 1 atom stereocenters. The van der Waals surface area contributed by atoms with Crippen LogP contribution in [0.4, 0.5) is 13.2 Å². The molecular weight excluding hydrogens is 321 g/mol. The van der Waals surface area contributed by atoms with Gasteiger partial charge in [-0.1, -0.05) is 6.92 Å². The summed E-state index contributed by atoms with van der Waals surface area (Å²) in [5, 5.41) is 0. The molecule has 0 heterocycles. The highest BCUT2D eigenvalue weighted by atomic mass is 35.5. The van der Waals surface area contributed by atoms with E-state index >= 15 is 0 Å². The fraction of sp³-hybridized carbons (Fsp3) is 0.455. The number of sulfone groups is 1. The van der Waals surface area contributed by atoms with Gasteiger partial charge in [0.1, 0.15) is 0 Å². The zero-order valence-corrected chi connectivity index (χ0v) is 12.3. The monoisotopic (exact) mass is 332 g/mol. The number of rotatable bonds is 5. The second-order valence-corrected chi connectivity index (χ2v) is 7.33.